The van der Waals surface area contributed by atoms with Crippen LogP contribution in [0.3, 0.4) is 0 Å². The summed E-state index contributed by atoms with van der Waals surface area (Å²) in [4.78, 5) is 14.0. The number of aliphatic hydroxyl groups excluding tert-OH is 1. The van der Waals surface area contributed by atoms with Gasteiger partial charge in [-0.1, -0.05) is 64.5 Å². The molecule has 1 saturated heterocycles. The van der Waals surface area contributed by atoms with Gasteiger partial charge in [-0.15, -0.1) is 0 Å². The average Bonchev–Trinajstić information content (AvgIpc) is 3.26. The second-order valence-electron chi connectivity index (χ2n) is 11.5. The number of thioether (sulfide) groups is 1. The van der Waals surface area contributed by atoms with Crippen LogP contribution in [0.4, 0.5) is 0 Å². The van der Waals surface area contributed by atoms with Gasteiger partial charge in [-0.25, -0.2) is 0 Å². The Morgan fingerprint density at radius 3 is 2.50 bits per heavy atom. The number of hydrogen-bond acceptors (Lipinski definition) is 5. The number of ether oxygens (including phenoxy) is 1. The van der Waals surface area contributed by atoms with Crippen molar-refractivity contribution < 1.29 is 14.6 Å². The molecule has 4 rings (SSSR count). The molecule has 5 heteroatoms. The average molecular weight is 434 g/mol. The third-order valence-electron chi connectivity index (χ3n) is 9.09. The Hall–Kier alpha value is -0.780. The van der Waals surface area contributed by atoms with Gasteiger partial charge < -0.3 is 15.2 Å². The number of ketones is 1. The van der Waals surface area contributed by atoms with Crippen LogP contribution >= 0.6 is 11.8 Å². The van der Waals surface area contributed by atoms with Gasteiger partial charge in [0.15, 0.2) is 5.78 Å². The van der Waals surface area contributed by atoms with Crippen LogP contribution in [0.25, 0.3) is 0 Å². The van der Waals surface area contributed by atoms with Crippen molar-refractivity contribution in [3.05, 3.63) is 21.7 Å². The number of aliphatic hydroxyl groups is 1. The lowest BCUT2D eigenvalue weighted by atomic mass is 9.63. The molecular weight excluding hydrogens is 394 g/mol. The van der Waals surface area contributed by atoms with Crippen LogP contribution in [0.15, 0.2) is 21.7 Å². The third-order valence-corrected chi connectivity index (χ3v) is 10.5. The minimum Gasteiger partial charge on any atom is -0.388 e. The van der Waals surface area contributed by atoms with Crippen molar-refractivity contribution in [1.82, 2.24) is 5.32 Å². The van der Waals surface area contributed by atoms with E-state index in [4.69, 9.17) is 4.74 Å². The summed E-state index contributed by atoms with van der Waals surface area (Å²) in [6.45, 7) is 17.8. The summed E-state index contributed by atoms with van der Waals surface area (Å²) >= 11 is 1.63. The molecule has 7 unspecified atom stereocenters. The van der Waals surface area contributed by atoms with Crippen LogP contribution in [0, 0.1) is 28.6 Å². The molecule has 4 nitrogen and oxygen atoms in total. The maximum absolute atomic E-state index is 13.2. The molecule has 2 N–H and O–H groups in total. The minimum atomic E-state index is -0.593. The Kier molecular flexibility index (Phi) is 5.52. The van der Waals surface area contributed by atoms with Crippen LogP contribution in [0.5, 0.6) is 0 Å². The van der Waals surface area contributed by atoms with E-state index in [1.54, 1.807) is 11.8 Å². The monoisotopic (exact) mass is 433 g/mol. The molecule has 0 amide bonds. The van der Waals surface area contributed by atoms with Crippen LogP contribution in [0.2, 0.25) is 0 Å². The maximum Gasteiger partial charge on any atom is 0.180 e. The molecule has 30 heavy (non-hydrogen) atoms. The normalized spacial score (nSPS) is 44.7. The number of fused-ring (bicyclic) bond motifs is 1. The van der Waals surface area contributed by atoms with E-state index in [1.807, 2.05) is 0 Å². The van der Waals surface area contributed by atoms with Crippen LogP contribution in [-0.4, -0.2) is 34.6 Å². The summed E-state index contributed by atoms with van der Waals surface area (Å²) in [5.74, 6) is 1.65. The van der Waals surface area contributed by atoms with Crippen molar-refractivity contribution in [2.45, 2.75) is 98.3 Å². The smallest absolute Gasteiger partial charge is 0.180 e. The molecule has 0 saturated carbocycles. The first kappa shape index (κ1) is 22.4. The van der Waals surface area contributed by atoms with Crippen LogP contribution in [-0.2, 0) is 9.53 Å². The summed E-state index contributed by atoms with van der Waals surface area (Å²) in [5, 5.41) is 14.6. The lowest BCUT2D eigenvalue weighted by Crippen LogP contribution is -2.40. The van der Waals surface area contributed by atoms with Crippen molar-refractivity contribution in [1.29, 1.82) is 0 Å². The van der Waals surface area contributed by atoms with Gasteiger partial charge in [0.1, 0.15) is 5.37 Å². The van der Waals surface area contributed by atoms with Crippen LogP contribution < -0.4 is 5.32 Å². The second-order valence-corrected chi connectivity index (χ2v) is 12.7. The zero-order valence-corrected chi connectivity index (χ0v) is 20.7. The fourth-order valence-corrected chi connectivity index (χ4v) is 7.16. The van der Waals surface area contributed by atoms with Gasteiger partial charge in [0, 0.05) is 17.2 Å². The van der Waals surface area contributed by atoms with Gasteiger partial charge in [-0.3, -0.25) is 4.79 Å². The lowest BCUT2D eigenvalue weighted by molar-refractivity contribution is -0.120. The molecule has 0 aromatic heterocycles. The number of carbonyl (C=O) groups excluding carboxylic acids is 1. The van der Waals surface area contributed by atoms with Crippen molar-refractivity contribution in [2.24, 2.45) is 28.6 Å². The summed E-state index contributed by atoms with van der Waals surface area (Å²) in [5.41, 5.74) is 3.37. The lowest BCUT2D eigenvalue weighted by Gasteiger charge is -2.42. The number of Topliss-reactive ketones (excluding diaryl/α,β-unsaturated/α-hetero) is 1. The zero-order chi connectivity index (χ0) is 22.2. The highest BCUT2D eigenvalue weighted by Crippen LogP contribution is 2.53. The Labute approximate surface area is 186 Å². The quantitative estimate of drug-likeness (QED) is 0.568. The summed E-state index contributed by atoms with van der Waals surface area (Å²) in [6.07, 6.45) is 1.79. The standard InChI is InChI=1S/C25H39NO3S/c1-12-13(2)15(4)21-16(14(12)3)9-19(29-21)23-26-20-17(27)10-25(8,24(5,6)7)11-18(28)22(20)30-23/h13,15-16,18-19,21,23,26,28H,9-11H2,1-8H3/t13?,15?,16?,18?,19?,21?,23-,25?/m1/s1. The predicted molar refractivity (Wildman–Crippen MR) is 123 cm³/mol. The number of nitrogens with one attached hydrogen (secondary N) is 1. The molecule has 0 bridgehead atoms. The summed E-state index contributed by atoms with van der Waals surface area (Å²) in [6, 6.07) is 0. The fourth-order valence-electron chi connectivity index (χ4n) is 5.85. The SMILES string of the molecule is CC1=C(C)C2CC([C@@H]3NC4=C(S3)C(O)CC(C)(C(C)(C)C)CC4=O)OC2C(C)C1C. The van der Waals surface area contributed by atoms with Crippen molar-refractivity contribution in [2.75, 3.05) is 0 Å². The Bertz CT molecular complexity index is 810. The number of allylic oxidation sites excluding steroid dienone is 2. The van der Waals surface area contributed by atoms with Crippen LogP contribution in [0.1, 0.15) is 74.7 Å². The van der Waals surface area contributed by atoms with E-state index < -0.39 is 6.10 Å². The summed E-state index contributed by atoms with van der Waals surface area (Å²) in [7, 11) is 0. The Morgan fingerprint density at radius 1 is 1.20 bits per heavy atom. The largest absolute Gasteiger partial charge is 0.388 e. The minimum absolute atomic E-state index is 0.00815. The van der Waals surface area contributed by atoms with E-state index in [0.717, 1.165) is 11.3 Å². The molecule has 0 aromatic carbocycles. The van der Waals surface area contributed by atoms with Gasteiger partial charge in [-0.05, 0) is 49.4 Å². The molecule has 0 aromatic rings. The first-order chi connectivity index (χ1) is 13.8. The van der Waals surface area contributed by atoms with Gasteiger partial charge >= 0.3 is 0 Å². The van der Waals surface area contributed by atoms with E-state index in [9.17, 15) is 9.90 Å². The molecule has 2 aliphatic heterocycles. The number of hydrogen-bond donors (Lipinski definition) is 2. The highest BCUT2D eigenvalue weighted by Gasteiger charge is 2.51. The molecular formula is C25H39NO3S. The highest BCUT2D eigenvalue weighted by atomic mass is 32.2. The molecule has 2 heterocycles. The van der Waals surface area contributed by atoms with E-state index in [-0.39, 0.29) is 34.2 Å². The van der Waals surface area contributed by atoms with Gasteiger partial charge in [0.2, 0.25) is 0 Å². The Morgan fingerprint density at radius 2 is 1.87 bits per heavy atom. The predicted octanol–water partition coefficient (Wildman–Crippen LogP) is 5.03. The highest BCUT2D eigenvalue weighted by molar-refractivity contribution is 8.04. The van der Waals surface area contributed by atoms with E-state index in [1.165, 1.54) is 11.1 Å². The molecule has 2 aliphatic carbocycles. The first-order valence-corrected chi connectivity index (χ1v) is 12.4. The first-order valence-electron chi connectivity index (χ1n) is 11.6. The third kappa shape index (κ3) is 3.40. The van der Waals surface area contributed by atoms with E-state index in [2.05, 4.69) is 60.7 Å². The van der Waals surface area contributed by atoms with Gasteiger partial charge in [0.25, 0.3) is 0 Å². The summed E-state index contributed by atoms with van der Waals surface area (Å²) < 4.78 is 6.62. The zero-order valence-electron chi connectivity index (χ0n) is 19.8. The molecule has 0 radical (unpaired) electrons. The number of carbonyl (C=O) groups is 1. The van der Waals surface area contributed by atoms with E-state index in [0.29, 0.717) is 36.3 Å². The molecule has 0 spiro atoms. The molecule has 8 atom stereocenters. The second kappa shape index (κ2) is 7.38. The maximum atomic E-state index is 13.2. The molecule has 168 valence electrons. The fraction of sp³-hybridized carbons (Fsp3) is 0.800. The van der Waals surface area contributed by atoms with Crippen molar-refractivity contribution in [3.63, 3.8) is 0 Å². The molecule has 1 fully saturated rings. The van der Waals surface area contributed by atoms with E-state index >= 15 is 0 Å². The number of rotatable bonds is 1. The van der Waals surface area contributed by atoms with Gasteiger partial charge in [-0.2, -0.15) is 0 Å². The van der Waals surface area contributed by atoms with Crippen molar-refractivity contribution >= 4 is 17.5 Å². The molecule has 4 aliphatic rings. The van der Waals surface area contributed by atoms with Gasteiger partial charge in [0.05, 0.1) is 24.0 Å². The Balaban J connectivity index is 1.51. The van der Waals surface area contributed by atoms with Crippen molar-refractivity contribution in [3.8, 4) is 0 Å². The topological polar surface area (TPSA) is 58.6 Å².